The average Bonchev–Trinajstić information content (AvgIpc) is 2.52. The van der Waals surface area contributed by atoms with Crippen molar-refractivity contribution in [3.8, 4) is 5.75 Å². The molecule has 1 aliphatic rings. The van der Waals surface area contributed by atoms with Crippen molar-refractivity contribution >= 4 is 52.0 Å². The van der Waals surface area contributed by atoms with E-state index in [0.717, 1.165) is 0 Å². The number of hydrogen-bond acceptors (Lipinski definition) is 5. The van der Waals surface area contributed by atoms with E-state index in [1.807, 2.05) is 0 Å². The fourth-order valence-electron chi connectivity index (χ4n) is 1.92. The van der Waals surface area contributed by atoms with E-state index in [-0.39, 0.29) is 35.3 Å². The summed E-state index contributed by atoms with van der Waals surface area (Å²) in [7, 11) is -5.26. The zero-order valence-corrected chi connectivity index (χ0v) is 13.1. The summed E-state index contributed by atoms with van der Waals surface area (Å²) >= 11 is 0. The first-order valence-electron chi connectivity index (χ1n) is 6.54. The van der Waals surface area contributed by atoms with Crippen LogP contribution < -0.4 is 10.1 Å². The number of nitrogens with one attached hydrogen (secondary N) is 1. The maximum atomic E-state index is 13.0. The second-order valence-electron chi connectivity index (χ2n) is 4.87. The molecule has 0 bridgehead atoms. The molecule has 0 unspecified atom stereocenters. The van der Waals surface area contributed by atoms with E-state index in [0.29, 0.717) is 16.7 Å². The number of benzene rings is 1. The molecule has 0 aliphatic carbocycles. The molecule has 1 heterocycles. The van der Waals surface area contributed by atoms with Crippen molar-refractivity contribution in [1.29, 1.82) is 0 Å². The van der Waals surface area contributed by atoms with Crippen molar-refractivity contribution < 1.29 is 40.5 Å². The number of carbonyl (C=O) groups excluding carboxylic acids is 2. The van der Waals surface area contributed by atoms with E-state index in [9.17, 15) is 31.2 Å². The summed E-state index contributed by atoms with van der Waals surface area (Å²) in [5.74, 6) is 0.177. The number of alkyl halides is 3. The predicted molar refractivity (Wildman–Crippen MR) is 84.3 cm³/mol. The summed E-state index contributed by atoms with van der Waals surface area (Å²) in [5.41, 5.74) is -1.28. The zero-order valence-electron chi connectivity index (χ0n) is 12.3. The second kappa shape index (κ2) is 8.39. The molecule has 0 spiro atoms. The first-order valence-corrected chi connectivity index (χ1v) is 7.98. The van der Waals surface area contributed by atoms with Gasteiger partial charge in [-0.15, -0.1) is 0 Å². The molecule has 0 radical (unpaired) electrons. The number of ether oxygens (including phenoxy) is 1. The van der Waals surface area contributed by atoms with Gasteiger partial charge in [-0.25, -0.2) is 4.79 Å². The van der Waals surface area contributed by atoms with Gasteiger partial charge in [0.2, 0.25) is 0 Å². The van der Waals surface area contributed by atoms with Crippen LogP contribution in [0.3, 0.4) is 0 Å². The molecule has 26 heavy (non-hydrogen) atoms. The summed E-state index contributed by atoms with van der Waals surface area (Å²) in [6, 6.07) is 4.35. The van der Waals surface area contributed by atoms with Crippen molar-refractivity contribution in [3.63, 3.8) is 0 Å². The molecule has 2 rings (SSSR count). The van der Waals surface area contributed by atoms with Crippen LogP contribution >= 0.6 is 0 Å². The molecule has 0 atom stereocenters. The van der Waals surface area contributed by atoms with E-state index in [1.165, 1.54) is 29.6 Å². The van der Waals surface area contributed by atoms with Gasteiger partial charge in [0.1, 0.15) is 12.0 Å². The number of rotatable bonds is 5. The third-order valence-electron chi connectivity index (χ3n) is 3.13. The summed E-state index contributed by atoms with van der Waals surface area (Å²) in [6.45, 7) is -1.75. The van der Waals surface area contributed by atoms with Crippen LogP contribution in [-0.2, 0) is 10.1 Å². The monoisotopic (exact) mass is 404 g/mol. The molecule has 13 heteroatoms. The first-order chi connectivity index (χ1) is 11.5. The second-order valence-corrected chi connectivity index (χ2v) is 6.23. The summed E-state index contributed by atoms with van der Waals surface area (Å²) < 4.78 is 75.0. The Morgan fingerprint density at radius 3 is 2.31 bits per heavy atom. The van der Waals surface area contributed by atoms with E-state index in [4.69, 9.17) is 9.29 Å². The molecule has 0 saturated carbocycles. The Balaban J connectivity index is 0.00000338. The van der Waals surface area contributed by atoms with Crippen molar-refractivity contribution in [1.82, 2.24) is 10.2 Å². The van der Waals surface area contributed by atoms with E-state index in [2.05, 4.69) is 0 Å². The Kier molecular flexibility index (Phi) is 7.24. The van der Waals surface area contributed by atoms with Crippen LogP contribution in [0, 0.1) is 0 Å². The van der Waals surface area contributed by atoms with Crippen LogP contribution in [0.1, 0.15) is 10.4 Å². The fourth-order valence-corrected chi connectivity index (χ4v) is 2.63. The molecule has 8 nitrogen and oxygen atoms in total. The van der Waals surface area contributed by atoms with Crippen LogP contribution in [-0.4, -0.2) is 79.2 Å². The molecule has 1 aromatic rings. The van der Waals surface area contributed by atoms with Crippen LogP contribution in [0.15, 0.2) is 34.9 Å². The Hall–Kier alpha value is -1.60. The summed E-state index contributed by atoms with van der Waals surface area (Å²) in [5, 5.41) is -0.100. The molecule has 0 fully saturated rings. The van der Waals surface area contributed by atoms with Crippen LogP contribution in [0.25, 0.3) is 0 Å². The molecule has 2 N–H and O–H groups in total. The Bertz CT molecular complexity index is 823. The number of amides is 2. The van der Waals surface area contributed by atoms with E-state index in [1.54, 1.807) is 0 Å². The topological polar surface area (TPSA) is 113 Å². The molecule has 0 saturated heterocycles. The molecule has 2 amide bonds. The van der Waals surface area contributed by atoms with Gasteiger partial charge in [-0.1, -0.05) is 0 Å². The molecular formula is C13H12F3N2NaO6S. The summed E-state index contributed by atoms with van der Waals surface area (Å²) in [6.07, 6.45) is -4.51. The average molecular weight is 404 g/mol. The Morgan fingerprint density at radius 2 is 1.85 bits per heavy atom. The fraction of sp³-hybridized carbons (Fsp3) is 0.231. The number of aldehydes is 1. The van der Waals surface area contributed by atoms with Gasteiger partial charge in [-0.3, -0.25) is 19.6 Å². The number of halogens is 3. The van der Waals surface area contributed by atoms with E-state index < -0.39 is 46.2 Å². The molecule has 138 valence electrons. The molecule has 0 aromatic heterocycles. The van der Waals surface area contributed by atoms with Crippen molar-refractivity contribution in [2.24, 2.45) is 0 Å². The number of nitrogens with zero attached hydrogens (tertiary/aromatic N) is 1. The van der Waals surface area contributed by atoms with Crippen LogP contribution in [0.4, 0.5) is 18.0 Å². The minimum absolute atomic E-state index is 0. The van der Waals surface area contributed by atoms with Gasteiger partial charge >= 0.3 is 51.9 Å². The third kappa shape index (κ3) is 5.45. The third-order valence-corrected chi connectivity index (χ3v) is 4.00. The van der Waals surface area contributed by atoms with Gasteiger partial charge < -0.3 is 4.74 Å². The van der Waals surface area contributed by atoms with Gasteiger partial charge in [-0.2, -0.15) is 21.6 Å². The quantitative estimate of drug-likeness (QED) is 0.428. The van der Waals surface area contributed by atoms with Gasteiger partial charge in [-0.05, 0) is 24.3 Å². The normalized spacial score (nSPS) is 15.2. The molecular weight excluding hydrogens is 392 g/mol. The first kappa shape index (κ1) is 22.4. The minimum atomic E-state index is -5.26. The molecule has 1 aromatic carbocycles. The Morgan fingerprint density at radius 1 is 1.27 bits per heavy atom. The Labute approximate surface area is 168 Å². The van der Waals surface area contributed by atoms with Crippen molar-refractivity contribution in [2.45, 2.75) is 6.18 Å². The van der Waals surface area contributed by atoms with Crippen molar-refractivity contribution in [2.75, 3.05) is 13.3 Å². The van der Waals surface area contributed by atoms with Gasteiger partial charge in [0.05, 0.1) is 12.1 Å². The maximum absolute atomic E-state index is 13.0. The number of carbonyl (C=O) groups is 2. The van der Waals surface area contributed by atoms with E-state index >= 15 is 0 Å². The zero-order chi connectivity index (χ0) is 18.8. The predicted octanol–water partition coefficient (Wildman–Crippen LogP) is 0.874. The summed E-state index contributed by atoms with van der Waals surface area (Å²) in [4.78, 5) is 22.8. The number of urea groups is 1. The number of hydrogen-bond donors (Lipinski definition) is 2. The van der Waals surface area contributed by atoms with Gasteiger partial charge in [0.25, 0.3) is 0 Å². The standard InChI is InChI=1S/C13H11F3N2O6S.Na.H/c14-13(15,16)10-5-18(12(20)17-11(10)25(21,22)23)7-24-9-3-1-8(6-19)2-4-9;;/h1-4,6H,5,7H2,(H,17,20)(H,21,22,23);;. The SMILES string of the molecule is O=Cc1ccc(OCN2CC(C(F)(F)F)=C(S(=O)(=O)O)NC2=O)cc1.[NaH]. The van der Waals surface area contributed by atoms with Gasteiger partial charge in [0.15, 0.2) is 11.8 Å². The molecule has 1 aliphatic heterocycles. The van der Waals surface area contributed by atoms with Crippen LogP contribution in [0.2, 0.25) is 0 Å². The van der Waals surface area contributed by atoms with Crippen molar-refractivity contribution in [3.05, 3.63) is 40.4 Å². The van der Waals surface area contributed by atoms with Crippen LogP contribution in [0.5, 0.6) is 5.75 Å². The van der Waals surface area contributed by atoms with Gasteiger partial charge in [0, 0.05) is 5.56 Å².